The minimum atomic E-state index is -1.26. The summed E-state index contributed by atoms with van der Waals surface area (Å²) in [6, 6.07) is 7.27. The Morgan fingerprint density at radius 3 is 2.00 bits per heavy atom. The Bertz CT molecular complexity index is 722. The van der Waals surface area contributed by atoms with E-state index in [0.29, 0.717) is 17.9 Å². The van der Waals surface area contributed by atoms with Crippen molar-refractivity contribution in [3.05, 3.63) is 42.0 Å². The van der Waals surface area contributed by atoms with Crippen molar-refractivity contribution >= 4 is 28.5 Å². The fourth-order valence-electron chi connectivity index (χ4n) is 2.98. The van der Waals surface area contributed by atoms with Crippen molar-refractivity contribution in [1.82, 2.24) is 4.90 Å². The highest BCUT2D eigenvalue weighted by Crippen LogP contribution is 2.16. The number of hydrogen-bond donors (Lipinski definition) is 2. The van der Waals surface area contributed by atoms with Gasteiger partial charge in [0.15, 0.2) is 5.78 Å². The van der Waals surface area contributed by atoms with Gasteiger partial charge in [-0.25, -0.2) is 9.59 Å². The van der Waals surface area contributed by atoms with Gasteiger partial charge in [0.25, 0.3) is 0 Å². The molecule has 160 valence electrons. The molecule has 2 unspecified atom stereocenters. The van der Waals surface area contributed by atoms with Crippen molar-refractivity contribution in [2.45, 2.75) is 38.0 Å². The van der Waals surface area contributed by atoms with Gasteiger partial charge < -0.3 is 15.1 Å². The van der Waals surface area contributed by atoms with Gasteiger partial charge in [-0.2, -0.15) is 0 Å². The predicted octanol–water partition coefficient (Wildman–Crippen LogP) is 2.83. The minimum Gasteiger partial charge on any atom is -0.478 e. The summed E-state index contributed by atoms with van der Waals surface area (Å²) in [5.74, 6) is -1.70. The molecule has 1 aromatic rings. The van der Waals surface area contributed by atoms with Crippen molar-refractivity contribution in [3.63, 3.8) is 0 Å². The molecule has 0 amide bonds. The van der Waals surface area contributed by atoms with E-state index in [1.54, 1.807) is 0 Å². The van der Waals surface area contributed by atoms with E-state index in [0.717, 1.165) is 30.1 Å². The molecule has 1 heterocycles. The van der Waals surface area contributed by atoms with Gasteiger partial charge in [-0.3, -0.25) is 9.00 Å². The van der Waals surface area contributed by atoms with E-state index < -0.39 is 22.7 Å². The summed E-state index contributed by atoms with van der Waals surface area (Å²) in [6.07, 6.45) is 4.93. The molecule has 1 fully saturated rings. The first-order chi connectivity index (χ1) is 13.7. The summed E-state index contributed by atoms with van der Waals surface area (Å²) in [6.45, 7) is 6.99. The molecule has 0 aromatic heterocycles. The lowest BCUT2D eigenvalue weighted by Crippen LogP contribution is -2.35. The molecule has 0 bridgehead atoms. The summed E-state index contributed by atoms with van der Waals surface area (Å²) in [4.78, 5) is 34.8. The van der Waals surface area contributed by atoms with E-state index in [2.05, 4.69) is 4.90 Å². The van der Waals surface area contributed by atoms with Gasteiger partial charge in [-0.05, 0) is 38.1 Å². The Hall–Kier alpha value is -2.32. The Morgan fingerprint density at radius 2 is 1.55 bits per heavy atom. The lowest BCUT2D eigenvalue weighted by atomic mass is 9.98. The minimum absolute atomic E-state index is 0.0191. The molecular weight excluding hydrogens is 394 g/mol. The molecule has 29 heavy (non-hydrogen) atoms. The monoisotopic (exact) mass is 423 g/mol. The smallest absolute Gasteiger partial charge is 0.328 e. The van der Waals surface area contributed by atoms with Gasteiger partial charge in [-0.1, -0.05) is 32.4 Å². The molecule has 0 spiro atoms. The molecule has 2 atom stereocenters. The second-order valence-electron chi connectivity index (χ2n) is 6.79. The summed E-state index contributed by atoms with van der Waals surface area (Å²) in [7, 11) is -0.948. The summed E-state index contributed by atoms with van der Waals surface area (Å²) in [5, 5.41) is 15.6. The van der Waals surface area contributed by atoms with Crippen LogP contribution in [0.4, 0.5) is 0 Å². The summed E-state index contributed by atoms with van der Waals surface area (Å²) >= 11 is 0. The molecule has 0 aliphatic carbocycles. The third-order valence-electron chi connectivity index (χ3n) is 4.46. The molecule has 1 aliphatic rings. The fraction of sp³-hybridized carbons (Fsp3) is 0.476. The molecule has 1 saturated heterocycles. The number of hydrogen-bond acceptors (Lipinski definition) is 5. The van der Waals surface area contributed by atoms with Crippen LogP contribution in [0.25, 0.3) is 0 Å². The highest BCUT2D eigenvalue weighted by Gasteiger charge is 2.20. The normalized spacial score (nSPS) is 16.5. The van der Waals surface area contributed by atoms with Crippen molar-refractivity contribution in [2.75, 3.05) is 25.4 Å². The molecule has 1 aromatic carbocycles. The third kappa shape index (κ3) is 9.62. The van der Waals surface area contributed by atoms with Crippen molar-refractivity contribution in [2.24, 2.45) is 5.92 Å². The van der Waals surface area contributed by atoms with Crippen LogP contribution in [0.15, 0.2) is 41.3 Å². The van der Waals surface area contributed by atoms with Gasteiger partial charge in [0, 0.05) is 40.8 Å². The molecular formula is C21H29NO6S. The number of aliphatic carboxylic acids is 2. The number of rotatable bonds is 8. The molecule has 0 saturated carbocycles. The standard InChI is InChI=1S/C17H25NO2S.C4H4O4/c1-3-21(20)16-9-7-15(8-10-16)17(19)14(2)13-18-11-5-4-6-12-18;5-3(6)1-2-4(7)8/h7-10,14H,3-6,11-13H2,1-2H3;1-2H,(H,5,6)(H,7,8)/b;2-1+. The van der Waals surface area contributed by atoms with Crippen LogP contribution in [0.1, 0.15) is 43.5 Å². The maximum atomic E-state index is 12.5. The van der Waals surface area contributed by atoms with Crippen molar-refractivity contribution in [1.29, 1.82) is 0 Å². The maximum Gasteiger partial charge on any atom is 0.328 e. The van der Waals surface area contributed by atoms with Crippen LogP contribution in [0.2, 0.25) is 0 Å². The van der Waals surface area contributed by atoms with E-state index in [1.165, 1.54) is 19.3 Å². The topological polar surface area (TPSA) is 112 Å². The number of ketones is 1. The van der Waals surface area contributed by atoms with E-state index in [1.807, 2.05) is 38.1 Å². The molecule has 2 N–H and O–H groups in total. The van der Waals surface area contributed by atoms with E-state index in [-0.39, 0.29) is 11.7 Å². The number of carbonyl (C=O) groups is 3. The zero-order valence-corrected chi connectivity index (χ0v) is 17.7. The number of Topliss-reactive ketones (excluding diaryl/α,β-unsaturated/α-hetero) is 1. The summed E-state index contributed by atoms with van der Waals surface area (Å²) in [5.41, 5.74) is 0.733. The van der Waals surface area contributed by atoms with Crippen LogP contribution >= 0.6 is 0 Å². The first kappa shape index (κ1) is 24.7. The number of likely N-dealkylation sites (tertiary alicyclic amines) is 1. The highest BCUT2D eigenvalue weighted by atomic mass is 32.2. The number of carboxylic acids is 2. The largest absolute Gasteiger partial charge is 0.478 e. The van der Waals surface area contributed by atoms with Crippen LogP contribution in [-0.2, 0) is 20.4 Å². The number of carbonyl (C=O) groups excluding carboxylic acids is 1. The third-order valence-corrected chi connectivity index (χ3v) is 5.78. The van der Waals surface area contributed by atoms with Gasteiger partial charge in [0.2, 0.25) is 0 Å². The van der Waals surface area contributed by atoms with Gasteiger partial charge in [0.1, 0.15) is 0 Å². The second-order valence-corrected chi connectivity index (χ2v) is 8.53. The quantitative estimate of drug-likeness (QED) is 0.488. The molecule has 7 nitrogen and oxygen atoms in total. The predicted molar refractivity (Wildman–Crippen MR) is 112 cm³/mol. The van der Waals surface area contributed by atoms with Crippen LogP contribution in [0.3, 0.4) is 0 Å². The van der Waals surface area contributed by atoms with E-state index in [9.17, 15) is 18.6 Å². The molecule has 0 radical (unpaired) electrons. The van der Waals surface area contributed by atoms with Gasteiger partial charge in [0.05, 0.1) is 10.8 Å². The van der Waals surface area contributed by atoms with Gasteiger partial charge >= 0.3 is 11.9 Å². The number of carboxylic acid groups (broad SMARTS) is 2. The Balaban J connectivity index is 0.000000447. The van der Waals surface area contributed by atoms with Crippen LogP contribution in [0.5, 0.6) is 0 Å². The Morgan fingerprint density at radius 1 is 1.03 bits per heavy atom. The average Bonchev–Trinajstić information content (AvgIpc) is 2.72. The zero-order valence-electron chi connectivity index (χ0n) is 16.9. The number of benzene rings is 1. The lowest BCUT2D eigenvalue weighted by Gasteiger charge is -2.28. The van der Waals surface area contributed by atoms with Crippen LogP contribution in [0, 0.1) is 5.92 Å². The van der Waals surface area contributed by atoms with Gasteiger partial charge in [-0.15, -0.1) is 0 Å². The fourth-order valence-corrected chi connectivity index (χ4v) is 3.75. The highest BCUT2D eigenvalue weighted by molar-refractivity contribution is 7.85. The van der Waals surface area contributed by atoms with Crippen LogP contribution < -0.4 is 0 Å². The molecule has 8 heteroatoms. The van der Waals surface area contributed by atoms with E-state index in [4.69, 9.17) is 10.2 Å². The zero-order chi connectivity index (χ0) is 21.8. The first-order valence-electron chi connectivity index (χ1n) is 9.63. The van der Waals surface area contributed by atoms with Crippen molar-refractivity contribution < 1.29 is 28.8 Å². The van der Waals surface area contributed by atoms with Crippen molar-refractivity contribution in [3.8, 4) is 0 Å². The Kier molecular flexibility index (Phi) is 11.1. The average molecular weight is 424 g/mol. The number of piperidine rings is 1. The summed E-state index contributed by atoms with van der Waals surface area (Å²) < 4.78 is 11.7. The van der Waals surface area contributed by atoms with E-state index >= 15 is 0 Å². The lowest BCUT2D eigenvalue weighted by molar-refractivity contribution is -0.134. The SMILES string of the molecule is CCS(=O)c1ccc(C(=O)C(C)CN2CCCCC2)cc1.O=C(O)/C=C/C(=O)O. The number of nitrogens with zero attached hydrogens (tertiary/aromatic N) is 1. The second kappa shape index (κ2) is 13.0. The molecule has 1 aliphatic heterocycles. The van der Waals surface area contributed by atoms with Crippen LogP contribution in [-0.4, -0.2) is 62.4 Å². The maximum absolute atomic E-state index is 12.5. The molecule has 2 rings (SSSR count). The first-order valence-corrected chi connectivity index (χ1v) is 11.0. The Labute approximate surface area is 173 Å².